The first kappa shape index (κ1) is 12.7. The van der Waals surface area contributed by atoms with Crippen LogP contribution in [0.1, 0.15) is 25.1 Å². The van der Waals surface area contributed by atoms with E-state index in [1.54, 1.807) is 12.4 Å². The maximum Gasteiger partial charge on any atom is 0.137 e. The van der Waals surface area contributed by atoms with Crippen molar-refractivity contribution in [3.8, 4) is 0 Å². The normalized spacial score (nSPS) is 10.8. The number of anilines is 1. The number of unbranched alkanes of at least 4 members (excludes halogenated alkanes) is 2. The molecule has 0 radical (unpaired) electrons. The van der Waals surface area contributed by atoms with Gasteiger partial charge < -0.3 is 10.4 Å². The second-order valence-electron chi connectivity index (χ2n) is 4.22. The predicted octanol–water partition coefficient (Wildman–Crippen LogP) is 1.91. The zero-order chi connectivity index (χ0) is 12.8. The van der Waals surface area contributed by atoms with Gasteiger partial charge in [0.25, 0.3) is 0 Å². The molecule has 0 amide bonds. The van der Waals surface area contributed by atoms with Gasteiger partial charge in [-0.3, -0.25) is 4.98 Å². The number of aliphatic hydroxyl groups is 1. The van der Waals surface area contributed by atoms with Crippen LogP contribution in [0.3, 0.4) is 0 Å². The van der Waals surface area contributed by atoms with Gasteiger partial charge in [-0.15, -0.1) is 0 Å². The van der Waals surface area contributed by atoms with Crippen molar-refractivity contribution in [1.29, 1.82) is 0 Å². The molecule has 5 heteroatoms. The molecule has 5 nitrogen and oxygen atoms in total. The van der Waals surface area contributed by atoms with Gasteiger partial charge >= 0.3 is 0 Å². The summed E-state index contributed by atoms with van der Waals surface area (Å²) < 4.78 is 0. The first-order chi connectivity index (χ1) is 8.81. The third kappa shape index (κ3) is 3.13. The highest BCUT2D eigenvalue weighted by Crippen LogP contribution is 2.18. The van der Waals surface area contributed by atoms with Crippen molar-refractivity contribution in [1.82, 2.24) is 15.0 Å². The van der Waals surface area contributed by atoms with E-state index >= 15 is 0 Å². The molecule has 96 valence electrons. The molecule has 2 heterocycles. The monoisotopic (exact) mass is 246 g/mol. The van der Waals surface area contributed by atoms with Crippen LogP contribution in [0, 0.1) is 6.92 Å². The van der Waals surface area contributed by atoms with Crippen LogP contribution in [0.15, 0.2) is 18.5 Å². The van der Waals surface area contributed by atoms with Crippen LogP contribution in [0.25, 0.3) is 10.9 Å². The molecule has 0 aromatic carbocycles. The molecule has 0 aliphatic heterocycles. The number of aryl methyl sites for hydroxylation is 1. The fourth-order valence-corrected chi connectivity index (χ4v) is 1.85. The number of nitrogens with one attached hydrogen (secondary N) is 1. The number of aromatic nitrogens is 3. The Hall–Kier alpha value is -1.75. The number of fused-ring (bicyclic) bond motifs is 1. The number of hydrogen-bond acceptors (Lipinski definition) is 5. The van der Waals surface area contributed by atoms with E-state index in [1.165, 1.54) is 0 Å². The van der Waals surface area contributed by atoms with E-state index in [4.69, 9.17) is 5.11 Å². The zero-order valence-electron chi connectivity index (χ0n) is 10.6. The van der Waals surface area contributed by atoms with Crippen LogP contribution in [0.2, 0.25) is 0 Å². The highest BCUT2D eigenvalue weighted by atomic mass is 16.2. The molecular formula is C13H18N4O. The van der Waals surface area contributed by atoms with Gasteiger partial charge in [-0.25, -0.2) is 9.97 Å². The molecule has 2 aromatic rings. The first-order valence-electron chi connectivity index (χ1n) is 6.24. The van der Waals surface area contributed by atoms with Gasteiger partial charge in [0.1, 0.15) is 11.6 Å². The molecule has 2 aromatic heterocycles. The minimum Gasteiger partial charge on any atom is -0.396 e. The highest BCUT2D eigenvalue weighted by Gasteiger charge is 2.04. The van der Waals surface area contributed by atoms with Gasteiger partial charge in [-0.2, -0.15) is 0 Å². The Bertz CT molecular complexity index is 515. The standard InChI is InChI=1S/C13H18N4O/c1-10-16-12-9-14-7-5-11(12)13(17-10)15-6-3-2-4-8-18/h5,7,9,18H,2-4,6,8H2,1H3,(H,15,16,17). The van der Waals surface area contributed by atoms with Gasteiger partial charge in [0.05, 0.1) is 11.7 Å². The first-order valence-corrected chi connectivity index (χ1v) is 6.24. The molecule has 0 atom stereocenters. The molecule has 0 aliphatic rings. The lowest BCUT2D eigenvalue weighted by Crippen LogP contribution is -2.06. The molecule has 0 fully saturated rings. The molecule has 0 aliphatic carbocycles. The van der Waals surface area contributed by atoms with Gasteiger partial charge in [0.2, 0.25) is 0 Å². The molecule has 0 spiro atoms. The fourth-order valence-electron chi connectivity index (χ4n) is 1.85. The predicted molar refractivity (Wildman–Crippen MR) is 71.5 cm³/mol. The van der Waals surface area contributed by atoms with Crippen molar-refractivity contribution < 1.29 is 5.11 Å². The minimum absolute atomic E-state index is 0.265. The number of pyridine rings is 1. The summed E-state index contributed by atoms with van der Waals surface area (Å²) in [7, 11) is 0. The summed E-state index contributed by atoms with van der Waals surface area (Å²) in [6.45, 7) is 3.00. The van der Waals surface area contributed by atoms with Crippen LogP contribution < -0.4 is 5.32 Å². The Labute approximate surface area is 106 Å². The van der Waals surface area contributed by atoms with Gasteiger partial charge in [0.15, 0.2) is 0 Å². The summed E-state index contributed by atoms with van der Waals surface area (Å²) in [5, 5.41) is 13.0. The number of hydrogen-bond donors (Lipinski definition) is 2. The van der Waals surface area contributed by atoms with Crippen LogP contribution >= 0.6 is 0 Å². The van der Waals surface area contributed by atoms with Crippen molar-refractivity contribution in [2.45, 2.75) is 26.2 Å². The second kappa shape index (κ2) is 6.26. The summed E-state index contributed by atoms with van der Waals surface area (Å²) in [5.41, 5.74) is 0.864. The van der Waals surface area contributed by atoms with Gasteiger partial charge in [-0.05, 0) is 32.3 Å². The largest absolute Gasteiger partial charge is 0.396 e. The molecule has 2 N–H and O–H groups in total. The quantitative estimate of drug-likeness (QED) is 0.762. The van der Waals surface area contributed by atoms with Crippen LogP contribution in [0.4, 0.5) is 5.82 Å². The summed E-state index contributed by atoms with van der Waals surface area (Å²) in [4.78, 5) is 12.8. The van der Waals surface area contributed by atoms with E-state index in [-0.39, 0.29) is 6.61 Å². The van der Waals surface area contributed by atoms with E-state index in [1.807, 2.05) is 13.0 Å². The van der Waals surface area contributed by atoms with E-state index < -0.39 is 0 Å². The number of aliphatic hydroxyl groups excluding tert-OH is 1. The Morgan fingerprint density at radius 3 is 2.94 bits per heavy atom. The Balaban J connectivity index is 2.07. The molecule has 0 unspecified atom stereocenters. The van der Waals surface area contributed by atoms with Crippen LogP contribution in [-0.4, -0.2) is 33.2 Å². The summed E-state index contributed by atoms with van der Waals surface area (Å²) >= 11 is 0. The third-order valence-corrected chi connectivity index (χ3v) is 2.74. The number of nitrogens with zero attached hydrogens (tertiary/aromatic N) is 3. The molecule has 18 heavy (non-hydrogen) atoms. The molecular weight excluding hydrogens is 228 g/mol. The minimum atomic E-state index is 0.265. The zero-order valence-corrected chi connectivity index (χ0v) is 10.6. The van der Waals surface area contributed by atoms with Crippen molar-refractivity contribution in [3.05, 3.63) is 24.3 Å². The molecule has 2 rings (SSSR count). The van der Waals surface area contributed by atoms with Gasteiger partial charge in [-0.1, -0.05) is 0 Å². The topological polar surface area (TPSA) is 70.9 Å². The average Bonchev–Trinajstić information content (AvgIpc) is 2.38. The smallest absolute Gasteiger partial charge is 0.137 e. The van der Waals surface area contributed by atoms with E-state index in [0.29, 0.717) is 0 Å². The fraction of sp³-hybridized carbons (Fsp3) is 0.462. The Morgan fingerprint density at radius 1 is 1.22 bits per heavy atom. The number of rotatable bonds is 6. The second-order valence-corrected chi connectivity index (χ2v) is 4.22. The summed E-state index contributed by atoms with van der Waals surface area (Å²) in [6, 6.07) is 1.92. The van der Waals surface area contributed by atoms with E-state index in [0.717, 1.165) is 48.4 Å². The lowest BCUT2D eigenvalue weighted by molar-refractivity contribution is 0.283. The molecule has 0 bridgehead atoms. The van der Waals surface area contributed by atoms with Crippen molar-refractivity contribution in [2.75, 3.05) is 18.5 Å². The lowest BCUT2D eigenvalue weighted by Gasteiger charge is -2.09. The van der Waals surface area contributed by atoms with E-state index in [2.05, 4.69) is 20.3 Å². The van der Waals surface area contributed by atoms with Crippen molar-refractivity contribution >= 4 is 16.7 Å². The van der Waals surface area contributed by atoms with Crippen LogP contribution in [-0.2, 0) is 0 Å². The Kier molecular flexibility index (Phi) is 4.41. The SMILES string of the molecule is Cc1nc(NCCCCCO)c2ccncc2n1. The van der Waals surface area contributed by atoms with Crippen molar-refractivity contribution in [3.63, 3.8) is 0 Å². The molecule has 0 saturated heterocycles. The van der Waals surface area contributed by atoms with Gasteiger partial charge in [0, 0.05) is 24.7 Å². The maximum absolute atomic E-state index is 8.71. The van der Waals surface area contributed by atoms with Crippen molar-refractivity contribution in [2.24, 2.45) is 0 Å². The summed E-state index contributed by atoms with van der Waals surface area (Å²) in [5.74, 6) is 1.61. The Morgan fingerprint density at radius 2 is 2.11 bits per heavy atom. The average molecular weight is 246 g/mol. The van der Waals surface area contributed by atoms with Crippen LogP contribution in [0.5, 0.6) is 0 Å². The lowest BCUT2D eigenvalue weighted by atomic mass is 10.2. The third-order valence-electron chi connectivity index (χ3n) is 2.74. The highest BCUT2D eigenvalue weighted by molar-refractivity contribution is 5.88. The summed E-state index contributed by atoms with van der Waals surface area (Å²) in [6.07, 6.45) is 6.40. The maximum atomic E-state index is 8.71. The molecule has 0 saturated carbocycles. The van der Waals surface area contributed by atoms with E-state index in [9.17, 15) is 0 Å².